The van der Waals surface area contributed by atoms with Crippen LogP contribution in [0.15, 0.2) is 4.52 Å². The highest BCUT2D eigenvalue weighted by Gasteiger charge is 2.06. The molecular weight excluding hydrogens is 194 g/mol. The van der Waals surface area contributed by atoms with E-state index >= 15 is 0 Å². The fourth-order valence-electron chi connectivity index (χ4n) is 1.35. The van der Waals surface area contributed by atoms with Crippen molar-refractivity contribution in [2.45, 2.75) is 32.7 Å². The lowest BCUT2D eigenvalue weighted by atomic mass is 10.2. The molecule has 1 aromatic rings. The van der Waals surface area contributed by atoms with E-state index in [1.165, 1.54) is 0 Å². The maximum absolute atomic E-state index is 5.09. The molecule has 5 nitrogen and oxygen atoms in total. The third-order valence-corrected chi connectivity index (χ3v) is 2.21. The zero-order valence-electron chi connectivity index (χ0n) is 9.62. The maximum atomic E-state index is 5.09. The molecule has 0 aliphatic rings. The number of hydrogen-bond acceptors (Lipinski definition) is 5. The van der Waals surface area contributed by atoms with Gasteiger partial charge in [-0.1, -0.05) is 12.1 Å². The van der Waals surface area contributed by atoms with Gasteiger partial charge in [0.2, 0.25) is 5.89 Å². The van der Waals surface area contributed by atoms with Crippen LogP contribution in [0.2, 0.25) is 0 Å². The van der Waals surface area contributed by atoms with Crippen molar-refractivity contribution in [3.63, 3.8) is 0 Å². The number of rotatable bonds is 7. The van der Waals surface area contributed by atoms with Gasteiger partial charge in [0.05, 0.1) is 6.61 Å². The highest BCUT2D eigenvalue weighted by Crippen LogP contribution is 1.96. The molecular formula is C10H19N3O2. The quantitative estimate of drug-likeness (QED) is 0.730. The molecule has 0 spiro atoms. The van der Waals surface area contributed by atoms with Crippen LogP contribution in [0, 0.1) is 6.92 Å². The van der Waals surface area contributed by atoms with Gasteiger partial charge in [-0.3, -0.25) is 0 Å². The van der Waals surface area contributed by atoms with Crippen LogP contribution in [-0.4, -0.2) is 36.4 Å². The molecule has 1 aromatic heterocycles. The molecule has 1 rings (SSSR count). The summed E-state index contributed by atoms with van der Waals surface area (Å²) in [6.07, 6.45) is 1.84. The van der Waals surface area contributed by atoms with E-state index in [-0.39, 0.29) is 0 Å². The Labute approximate surface area is 90.2 Å². The number of hydrogen-bond donors (Lipinski definition) is 1. The van der Waals surface area contributed by atoms with Crippen LogP contribution in [0.4, 0.5) is 0 Å². The van der Waals surface area contributed by atoms with E-state index in [2.05, 4.69) is 22.4 Å². The fourth-order valence-corrected chi connectivity index (χ4v) is 1.35. The minimum Gasteiger partial charge on any atom is -0.383 e. The summed E-state index contributed by atoms with van der Waals surface area (Å²) >= 11 is 0. The van der Waals surface area contributed by atoms with Crippen LogP contribution in [0.5, 0.6) is 0 Å². The Morgan fingerprint density at radius 1 is 1.53 bits per heavy atom. The van der Waals surface area contributed by atoms with Gasteiger partial charge in [-0.15, -0.1) is 0 Å². The van der Waals surface area contributed by atoms with Gasteiger partial charge in [-0.25, -0.2) is 0 Å². The number of ether oxygens (including phenoxy) is 1. The van der Waals surface area contributed by atoms with Crippen LogP contribution in [0.3, 0.4) is 0 Å². The monoisotopic (exact) mass is 213 g/mol. The molecule has 15 heavy (non-hydrogen) atoms. The number of aryl methyl sites for hydroxylation is 1. The van der Waals surface area contributed by atoms with Crippen LogP contribution in [0.1, 0.15) is 25.1 Å². The predicted molar refractivity (Wildman–Crippen MR) is 56.7 cm³/mol. The number of nitrogens with one attached hydrogen (secondary N) is 1. The summed E-state index contributed by atoms with van der Waals surface area (Å²) in [6.45, 7) is 5.52. The molecule has 0 saturated heterocycles. The second-order valence-electron chi connectivity index (χ2n) is 3.49. The Kier molecular flexibility index (Phi) is 5.28. The lowest BCUT2D eigenvalue weighted by molar-refractivity contribution is 0.164. The molecule has 0 saturated carbocycles. The molecule has 1 atom stereocenters. The van der Waals surface area contributed by atoms with Crippen LogP contribution < -0.4 is 5.32 Å². The first-order valence-electron chi connectivity index (χ1n) is 5.27. The minimum atomic E-state index is 0.406. The molecule has 0 aliphatic carbocycles. The SMILES string of the molecule is CCC(COC)NCCc1noc(C)n1. The second kappa shape index (κ2) is 6.53. The Bertz CT molecular complexity index is 275. The van der Waals surface area contributed by atoms with Crippen molar-refractivity contribution in [1.29, 1.82) is 0 Å². The van der Waals surface area contributed by atoms with Crippen molar-refractivity contribution in [2.75, 3.05) is 20.3 Å². The van der Waals surface area contributed by atoms with Gasteiger partial charge < -0.3 is 14.6 Å². The van der Waals surface area contributed by atoms with E-state index in [0.29, 0.717) is 11.9 Å². The predicted octanol–water partition coefficient (Wildman–Crippen LogP) is 0.935. The summed E-state index contributed by atoms with van der Waals surface area (Å²) in [6, 6.07) is 0.406. The molecule has 1 N–H and O–H groups in total. The molecule has 0 aliphatic heterocycles. The van der Waals surface area contributed by atoms with Crippen molar-refractivity contribution in [1.82, 2.24) is 15.5 Å². The average Bonchev–Trinajstić information content (AvgIpc) is 2.63. The van der Waals surface area contributed by atoms with E-state index < -0.39 is 0 Å². The van der Waals surface area contributed by atoms with Crippen molar-refractivity contribution >= 4 is 0 Å². The summed E-state index contributed by atoms with van der Waals surface area (Å²) in [5.74, 6) is 1.38. The third kappa shape index (κ3) is 4.40. The van der Waals surface area contributed by atoms with Gasteiger partial charge in [-0.2, -0.15) is 4.98 Å². The van der Waals surface area contributed by atoms with Crippen molar-refractivity contribution in [3.05, 3.63) is 11.7 Å². The molecule has 0 amide bonds. The van der Waals surface area contributed by atoms with Gasteiger partial charge in [0.15, 0.2) is 5.82 Å². The van der Waals surface area contributed by atoms with E-state index in [1.54, 1.807) is 14.0 Å². The average molecular weight is 213 g/mol. The first kappa shape index (κ1) is 12.1. The summed E-state index contributed by atoms with van der Waals surface area (Å²) in [7, 11) is 1.72. The van der Waals surface area contributed by atoms with Crippen LogP contribution >= 0.6 is 0 Å². The lowest BCUT2D eigenvalue weighted by Crippen LogP contribution is -2.34. The summed E-state index contributed by atoms with van der Waals surface area (Å²) in [4.78, 5) is 4.13. The molecule has 5 heteroatoms. The summed E-state index contributed by atoms with van der Waals surface area (Å²) in [5.41, 5.74) is 0. The van der Waals surface area contributed by atoms with E-state index in [4.69, 9.17) is 9.26 Å². The van der Waals surface area contributed by atoms with Gasteiger partial charge in [-0.05, 0) is 6.42 Å². The molecule has 0 bridgehead atoms. The van der Waals surface area contributed by atoms with Crippen LogP contribution in [-0.2, 0) is 11.2 Å². The molecule has 0 radical (unpaired) electrons. The summed E-state index contributed by atoms with van der Waals surface area (Å²) < 4.78 is 9.97. The minimum absolute atomic E-state index is 0.406. The first-order valence-corrected chi connectivity index (χ1v) is 5.27. The Morgan fingerprint density at radius 3 is 2.87 bits per heavy atom. The third-order valence-electron chi connectivity index (χ3n) is 2.21. The number of nitrogens with zero attached hydrogens (tertiary/aromatic N) is 2. The molecule has 1 unspecified atom stereocenters. The second-order valence-corrected chi connectivity index (χ2v) is 3.49. The Hall–Kier alpha value is -0.940. The van der Waals surface area contributed by atoms with E-state index in [1.807, 2.05) is 0 Å². The van der Waals surface area contributed by atoms with E-state index in [0.717, 1.165) is 31.8 Å². The van der Waals surface area contributed by atoms with Gasteiger partial charge in [0.25, 0.3) is 0 Å². The largest absolute Gasteiger partial charge is 0.383 e. The molecule has 0 aromatic carbocycles. The van der Waals surface area contributed by atoms with Gasteiger partial charge >= 0.3 is 0 Å². The maximum Gasteiger partial charge on any atom is 0.223 e. The zero-order chi connectivity index (χ0) is 11.1. The normalized spacial score (nSPS) is 13.0. The van der Waals surface area contributed by atoms with Crippen molar-refractivity contribution < 1.29 is 9.26 Å². The van der Waals surface area contributed by atoms with Crippen molar-refractivity contribution in [2.24, 2.45) is 0 Å². The zero-order valence-corrected chi connectivity index (χ0v) is 9.62. The van der Waals surface area contributed by atoms with E-state index in [9.17, 15) is 0 Å². The Morgan fingerprint density at radius 2 is 2.33 bits per heavy atom. The highest BCUT2D eigenvalue weighted by atomic mass is 16.5. The standard InChI is InChI=1S/C10H19N3O2/c1-4-9(7-14-3)11-6-5-10-12-8(2)15-13-10/h9,11H,4-7H2,1-3H3. The molecule has 86 valence electrons. The van der Waals surface area contributed by atoms with Gasteiger partial charge in [0.1, 0.15) is 0 Å². The van der Waals surface area contributed by atoms with Gasteiger partial charge in [0, 0.05) is 33.0 Å². The fraction of sp³-hybridized carbons (Fsp3) is 0.800. The number of methoxy groups -OCH3 is 1. The highest BCUT2D eigenvalue weighted by molar-refractivity contribution is 4.84. The smallest absolute Gasteiger partial charge is 0.223 e. The van der Waals surface area contributed by atoms with Crippen molar-refractivity contribution in [3.8, 4) is 0 Å². The Balaban J connectivity index is 2.20. The first-order chi connectivity index (χ1) is 7.26. The topological polar surface area (TPSA) is 60.2 Å². The number of aromatic nitrogens is 2. The molecule has 1 heterocycles. The molecule has 0 fully saturated rings. The summed E-state index contributed by atoms with van der Waals surface area (Å²) in [5, 5.41) is 7.21. The van der Waals surface area contributed by atoms with Crippen LogP contribution in [0.25, 0.3) is 0 Å². The lowest BCUT2D eigenvalue weighted by Gasteiger charge is -2.14.